The molecular formula is C28H32N2O5. The summed E-state index contributed by atoms with van der Waals surface area (Å²) in [4.78, 5) is 39.4. The van der Waals surface area contributed by atoms with Gasteiger partial charge in [-0.1, -0.05) is 68.5 Å². The molecule has 2 aliphatic rings. The lowest BCUT2D eigenvalue weighted by Gasteiger charge is -2.41. The lowest BCUT2D eigenvalue weighted by molar-refractivity contribution is -0.156. The van der Waals surface area contributed by atoms with E-state index in [0.29, 0.717) is 6.54 Å². The van der Waals surface area contributed by atoms with E-state index in [1.54, 1.807) is 6.08 Å². The van der Waals surface area contributed by atoms with E-state index in [9.17, 15) is 19.5 Å². The van der Waals surface area contributed by atoms with Gasteiger partial charge >= 0.3 is 12.1 Å². The molecule has 0 spiro atoms. The number of alkyl carbamates (subject to hydrolysis) is 1. The molecule has 0 radical (unpaired) electrons. The summed E-state index contributed by atoms with van der Waals surface area (Å²) >= 11 is 0. The highest BCUT2D eigenvalue weighted by molar-refractivity contribution is 5.90. The predicted molar refractivity (Wildman–Crippen MR) is 133 cm³/mol. The van der Waals surface area contributed by atoms with Crippen LogP contribution in [0, 0.1) is 11.8 Å². The first-order valence-electron chi connectivity index (χ1n) is 12.1. The summed E-state index contributed by atoms with van der Waals surface area (Å²) in [6, 6.07) is 14.3. The topological polar surface area (TPSA) is 95.9 Å². The Labute approximate surface area is 205 Å². The summed E-state index contributed by atoms with van der Waals surface area (Å²) in [5, 5.41) is 12.4. The van der Waals surface area contributed by atoms with Crippen LogP contribution in [0.25, 0.3) is 11.1 Å². The molecule has 7 heteroatoms. The Balaban J connectivity index is 1.46. The number of ether oxygens (including phenoxy) is 1. The van der Waals surface area contributed by atoms with Crippen molar-refractivity contribution in [3.8, 4) is 11.1 Å². The molecule has 35 heavy (non-hydrogen) atoms. The monoisotopic (exact) mass is 476 g/mol. The van der Waals surface area contributed by atoms with Gasteiger partial charge in [-0.2, -0.15) is 0 Å². The minimum absolute atomic E-state index is 0.0955. The molecule has 1 fully saturated rings. The van der Waals surface area contributed by atoms with Crippen LogP contribution < -0.4 is 5.32 Å². The minimum Gasteiger partial charge on any atom is -0.480 e. The zero-order valence-corrected chi connectivity index (χ0v) is 20.1. The van der Waals surface area contributed by atoms with Crippen LogP contribution in [0.3, 0.4) is 0 Å². The SMILES string of the molecule is C=CCC(NC(=O)OCC1c2ccccc2-c2ccccc21)C(=O)N1CC(C)CC(C)C1C(=O)O. The van der Waals surface area contributed by atoms with E-state index in [2.05, 4.69) is 24.0 Å². The van der Waals surface area contributed by atoms with Crippen LogP contribution in [0.15, 0.2) is 61.2 Å². The van der Waals surface area contributed by atoms with Crippen LogP contribution in [0.5, 0.6) is 0 Å². The molecule has 4 atom stereocenters. The molecule has 4 rings (SSSR count). The predicted octanol–water partition coefficient (Wildman–Crippen LogP) is 4.43. The van der Waals surface area contributed by atoms with Crippen molar-refractivity contribution in [3.05, 3.63) is 72.3 Å². The van der Waals surface area contributed by atoms with E-state index in [1.807, 2.05) is 50.2 Å². The number of aliphatic carboxylic acids is 1. The van der Waals surface area contributed by atoms with Crippen molar-refractivity contribution in [1.82, 2.24) is 10.2 Å². The summed E-state index contributed by atoms with van der Waals surface area (Å²) in [5.41, 5.74) is 4.45. The maximum absolute atomic E-state index is 13.4. The highest BCUT2D eigenvalue weighted by atomic mass is 16.5. The van der Waals surface area contributed by atoms with Crippen molar-refractivity contribution in [2.75, 3.05) is 13.2 Å². The first-order chi connectivity index (χ1) is 16.8. The molecule has 0 aromatic heterocycles. The molecule has 1 heterocycles. The number of carboxylic acid groups (broad SMARTS) is 1. The third kappa shape index (κ3) is 4.94. The van der Waals surface area contributed by atoms with Gasteiger partial charge in [0, 0.05) is 12.5 Å². The number of nitrogens with zero attached hydrogens (tertiary/aromatic N) is 1. The maximum atomic E-state index is 13.4. The van der Waals surface area contributed by atoms with E-state index < -0.39 is 30.1 Å². The summed E-state index contributed by atoms with van der Waals surface area (Å²) in [7, 11) is 0. The first-order valence-corrected chi connectivity index (χ1v) is 12.1. The summed E-state index contributed by atoms with van der Waals surface area (Å²) in [6.07, 6.45) is 1.73. The highest BCUT2D eigenvalue weighted by Crippen LogP contribution is 2.44. The third-order valence-corrected chi connectivity index (χ3v) is 7.03. The number of nitrogens with one attached hydrogen (secondary N) is 1. The van der Waals surface area contributed by atoms with Gasteiger partial charge in [0.25, 0.3) is 0 Å². The van der Waals surface area contributed by atoms with Gasteiger partial charge in [0.2, 0.25) is 5.91 Å². The van der Waals surface area contributed by atoms with Gasteiger partial charge in [-0.15, -0.1) is 6.58 Å². The number of hydrogen-bond donors (Lipinski definition) is 2. The van der Waals surface area contributed by atoms with Crippen LogP contribution >= 0.6 is 0 Å². The molecule has 184 valence electrons. The quantitative estimate of drug-likeness (QED) is 0.577. The Hall–Kier alpha value is -3.61. The van der Waals surface area contributed by atoms with Crippen LogP contribution in [-0.2, 0) is 14.3 Å². The Morgan fingerprint density at radius 3 is 2.29 bits per heavy atom. The van der Waals surface area contributed by atoms with Crippen LogP contribution in [0.1, 0.15) is 43.7 Å². The van der Waals surface area contributed by atoms with E-state index in [1.165, 1.54) is 4.90 Å². The van der Waals surface area contributed by atoms with Gasteiger partial charge in [-0.25, -0.2) is 9.59 Å². The van der Waals surface area contributed by atoms with Crippen LogP contribution in [-0.4, -0.2) is 53.2 Å². The minimum atomic E-state index is -1.03. The normalized spacial score (nSPS) is 22.0. The number of carbonyl (C=O) groups excluding carboxylic acids is 2. The number of carboxylic acids is 1. The number of rotatable bonds is 7. The standard InChI is InChI=1S/C28H32N2O5/c1-4-9-24(26(31)30-15-17(2)14-18(3)25(30)27(32)33)29-28(34)35-16-23-21-12-7-5-10-19(21)20-11-6-8-13-22(20)23/h4-8,10-13,17-18,23-25H,1,9,14-16H2,2-3H3,(H,29,34)(H,32,33). The fourth-order valence-corrected chi connectivity index (χ4v) is 5.57. The summed E-state index contributed by atoms with van der Waals surface area (Å²) < 4.78 is 5.60. The van der Waals surface area contributed by atoms with Gasteiger partial charge in [0.1, 0.15) is 18.7 Å². The largest absolute Gasteiger partial charge is 0.480 e. The van der Waals surface area contributed by atoms with Gasteiger partial charge in [0.05, 0.1) is 0 Å². The van der Waals surface area contributed by atoms with Crippen LogP contribution in [0.4, 0.5) is 4.79 Å². The average molecular weight is 477 g/mol. The van der Waals surface area contributed by atoms with Gasteiger partial charge in [0.15, 0.2) is 0 Å². The van der Waals surface area contributed by atoms with Crippen molar-refractivity contribution in [3.63, 3.8) is 0 Å². The molecule has 2 aromatic carbocycles. The summed E-state index contributed by atoms with van der Waals surface area (Å²) in [5.74, 6) is -1.57. The van der Waals surface area contributed by atoms with E-state index >= 15 is 0 Å². The molecule has 0 bridgehead atoms. The Bertz CT molecular complexity index is 1080. The van der Waals surface area contributed by atoms with Crippen molar-refractivity contribution >= 4 is 18.0 Å². The Morgan fingerprint density at radius 1 is 1.11 bits per heavy atom. The fraction of sp³-hybridized carbons (Fsp3) is 0.393. The Morgan fingerprint density at radius 2 is 1.71 bits per heavy atom. The van der Waals surface area contributed by atoms with E-state index in [4.69, 9.17) is 4.74 Å². The number of amides is 2. The van der Waals surface area contributed by atoms with Crippen LogP contribution in [0.2, 0.25) is 0 Å². The van der Waals surface area contributed by atoms with E-state index in [-0.39, 0.29) is 30.8 Å². The number of fused-ring (bicyclic) bond motifs is 3. The molecular weight excluding hydrogens is 444 g/mol. The van der Waals surface area contributed by atoms with Crippen molar-refractivity contribution < 1.29 is 24.2 Å². The molecule has 2 aromatic rings. The number of likely N-dealkylation sites (tertiary alicyclic amines) is 1. The zero-order chi connectivity index (χ0) is 25.1. The molecule has 7 nitrogen and oxygen atoms in total. The second kappa shape index (κ2) is 10.3. The second-order valence-corrected chi connectivity index (χ2v) is 9.64. The molecule has 0 saturated carbocycles. The summed E-state index contributed by atoms with van der Waals surface area (Å²) in [6.45, 7) is 8.00. The van der Waals surface area contributed by atoms with Crippen molar-refractivity contribution in [2.24, 2.45) is 11.8 Å². The van der Waals surface area contributed by atoms with Gasteiger partial charge in [-0.05, 0) is 46.9 Å². The molecule has 2 N–H and O–H groups in total. The number of carbonyl (C=O) groups is 3. The molecule has 4 unspecified atom stereocenters. The number of piperidine rings is 1. The lowest BCUT2D eigenvalue weighted by Crippen LogP contribution is -2.59. The average Bonchev–Trinajstić information content (AvgIpc) is 3.15. The van der Waals surface area contributed by atoms with Gasteiger partial charge in [-0.3, -0.25) is 4.79 Å². The zero-order valence-electron chi connectivity index (χ0n) is 20.1. The molecule has 1 saturated heterocycles. The third-order valence-electron chi connectivity index (χ3n) is 7.03. The van der Waals surface area contributed by atoms with Gasteiger partial charge < -0.3 is 20.1 Å². The lowest BCUT2D eigenvalue weighted by atomic mass is 9.84. The fourth-order valence-electron chi connectivity index (χ4n) is 5.57. The van der Waals surface area contributed by atoms with Crippen molar-refractivity contribution in [2.45, 2.75) is 44.7 Å². The molecule has 1 aliphatic heterocycles. The highest BCUT2D eigenvalue weighted by Gasteiger charge is 2.41. The van der Waals surface area contributed by atoms with E-state index in [0.717, 1.165) is 28.7 Å². The van der Waals surface area contributed by atoms with Crippen molar-refractivity contribution in [1.29, 1.82) is 0 Å². The number of benzene rings is 2. The number of hydrogen-bond acceptors (Lipinski definition) is 4. The molecule has 1 aliphatic carbocycles. The molecule has 2 amide bonds. The Kier molecular flexibility index (Phi) is 7.24. The maximum Gasteiger partial charge on any atom is 0.407 e. The first kappa shape index (κ1) is 24.5. The smallest absolute Gasteiger partial charge is 0.407 e. The second-order valence-electron chi connectivity index (χ2n) is 9.64.